The molecule has 1 saturated heterocycles. The molecule has 4 fully saturated rings. The van der Waals surface area contributed by atoms with Crippen molar-refractivity contribution in [3.63, 3.8) is 0 Å². The van der Waals surface area contributed by atoms with E-state index in [0.29, 0.717) is 6.42 Å². The highest BCUT2D eigenvalue weighted by atomic mass is 32.2. The van der Waals surface area contributed by atoms with Crippen LogP contribution < -0.4 is 0 Å². The molecule has 13 heteroatoms. The van der Waals surface area contributed by atoms with Gasteiger partial charge in [-0.1, -0.05) is 6.58 Å². The van der Waals surface area contributed by atoms with Crippen LogP contribution in [0.3, 0.4) is 0 Å². The lowest BCUT2D eigenvalue weighted by Gasteiger charge is -2.43. The van der Waals surface area contributed by atoms with Gasteiger partial charge in [0.15, 0.2) is 10.1 Å². The smallest absolute Gasteiger partial charge is 0.396 e. The van der Waals surface area contributed by atoms with E-state index in [-0.39, 0.29) is 29.3 Å². The van der Waals surface area contributed by atoms with Gasteiger partial charge in [0.25, 0.3) is 0 Å². The van der Waals surface area contributed by atoms with Crippen molar-refractivity contribution >= 4 is 22.1 Å². The maximum atomic E-state index is 13.3. The van der Waals surface area contributed by atoms with Crippen LogP contribution in [0.1, 0.15) is 25.7 Å². The molecular formula is C17H19F4O8S-. The molecule has 0 aromatic rings. The average Bonchev–Trinajstić information content (AvgIpc) is 2.92. The summed E-state index contributed by atoms with van der Waals surface area (Å²) < 4.78 is 99.0. The van der Waals surface area contributed by atoms with Crippen LogP contribution in [0.2, 0.25) is 0 Å². The van der Waals surface area contributed by atoms with Gasteiger partial charge in [0.1, 0.15) is 12.2 Å². The van der Waals surface area contributed by atoms with Gasteiger partial charge in [0.2, 0.25) is 0 Å². The van der Waals surface area contributed by atoms with Crippen molar-refractivity contribution in [3.8, 4) is 0 Å². The van der Waals surface area contributed by atoms with Gasteiger partial charge in [-0.05, 0) is 19.3 Å². The number of rotatable bonds is 9. The van der Waals surface area contributed by atoms with E-state index in [1.54, 1.807) is 0 Å². The van der Waals surface area contributed by atoms with Crippen molar-refractivity contribution in [2.24, 2.45) is 17.8 Å². The number of halogens is 4. The molecule has 1 heterocycles. The summed E-state index contributed by atoms with van der Waals surface area (Å²) in [5.41, 5.74) is -0.288. The number of fused-ring (bicyclic) bond motifs is 1. The standard InChI is InChI=1S/C17H20F4O8S/c1-8(7-27-5-4-16(18,19)17(20,21)30(24,25)26)14(22)28-12-9-2-3-10-11(6-9)15(23)29-13(10)12/h9-13H,1-7H2,(H,24,25,26)/p-1. The molecule has 0 aromatic heterocycles. The topological polar surface area (TPSA) is 119 Å². The van der Waals surface area contributed by atoms with E-state index in [9.17, 15) is 40.1 Å². The molecule has 0 radical (unpaired) electrons. The van der Waals surface area contributed by atoms with Crippen LogP contribution in [0.15, 0.2) is 12.2 Å². The Kier molecular flexibility index (Phi) is 5.93. The summed E-state index contributed by atoms with van der Waals surface area (Å²) in [6, 6.07) is 0. The maximum Gasteiger partial charge on any atom is 0.396 e. The summed E-state index contributed by atoms with van der Waals surface area (Å²) in [6.45, 7) is 1.68. The first-order valence-electron chi connectivity index (χ1n) is 9.14. The molecule has 3 saturated carbocycles. The Morgan fingerprint density at radius 1 is 1.27 bits per heavy atom. The normalized spacial score (nSPS) is 30.8. The first kappa shape index (κ1) is 22.9. The summed E-state index contributed by atoms with van der Waals surface area (Å²) in [6.07, 6.45) is -0.852. The number of carbonyl (C=O) groups is 2. The zero-order valence-corrected chi connectivity index (χ0v) is 16.3. The van der Waals surface area contributed by atoms with Gasteiger partial charge in [-0.3, -0.25) is 4.79 Å². The first-order valence-corrected chi connectivity index (χ1v) is 10.5. The molecule has 3 aliphatic carbocycles. The second kappa shape index (κ2) is 7.75. The van der Waals surface area contributed by atoms with E-state index in [4.69, 9.17) is 14.2 Å². The summed E-state index contributed by atoms with van der Waals surface area (Å²) in [5.74, 6) is -6.64. The number of esters is 2. The second-order valence-corrected chi connectivity index (χ2v) is 9.12. The van der Waals surface area contributed by atoms with Crippen molar-refractivity contribution in [2.45, 2.75) is 49.1 Å². The molecule has 5 unspecified atom stereocenters. The first-order chi connectivity index (χ1) is 13.8. The maximum absolute atomic E-state index is 13.3. The monoisotopic (exact) mass is 459 g/mol. The minimum atomic E-state index is -6.57. The van der Waals surface area contributed by atoms with Crippen LogP contribution in [0.4, 0.5) is 17.6 Å². The molecule has 0 amide bonds. The van der Waals surface area contributed by atoms with Crippen LogP contribution in [-0.2, 0) is 33.9 Å². The van der Waals surface area contributed by atoms with Crippen LogP contribution in [0.25, 0.3) is 0 Å². The Morgan fingerprint density at radius 2 is 1.93 bits per heavy atom. The lowest BCUT2D eigenvalue weighted by molar-refractivity contribution is -0.172. The van der Waals surface area contributed by atoms with Gasteiger partial charge < -0.3 is 18.8 Å². The third-order valence-corrected chi connectivity index (χ3v) is 6.74. The van der Waals surface area contributed by atoms with Crippen LogP contribution in [0.5, 0.6) is 0 Å². The number of alkyl halides is 4. The highest BCUT2D eigenvalue weighted by Crippen LogP contribution is 2.52. The van der Waals surface area contributed by atoms with Crippen molar-refractivity contribution in [3.05, 3.63) is 12.2 Å². The summed E-state index contributed by atoms with van der Waals surface area (Å²) in [4.78, 5) is 24.0. The van der Waals surface area contributed by atoms with E-state index in [2.05, 4.69) is 6.58 Å². The van der Waals surface area contributed by atoms with Gasteiger partial charge in [-0.2, -0.15) is 17.6 Å². The number of carbonyl (C=O) groups excluding carboxylic acids is 2. The van der Waals surface area contributed by atoms with Crippen LogP contribution in [0, 0.1) is 17.8 Å². The summed E-state index contributed by atoms with van der Waals surface area (Å²) in [7, 11) is -6.57. The predicted molar refractivity (Wildman–Crippen MR) is 88.2 cm³/mol. The Bertz CT molecular complexity index is 843. The second-order valence-electron chi connectivity index (χ2n) is 7.70. The fourth-order valence-electron chi connectivity index (χ4n) is 4.23. The van der Waals surface area contributed by atoms with Crippen LogP contribution >= 0.6 is 0 Å². The Hall–Kier alpha value is -1.73. The Balaban J connectivity index is 1.47. The van der Waals surface area contributed by atoms with Gasteiger partial charge >= 0.3 is 23.1 Å². The Morgan fingerprint density at radius 3 is 2.57 bits per heavy atom. The van der Waals surface area contributed by atoms with E-state index in [1.807, 2.05) is 0 Å². The number of hydrogen-bond donors (Lipinski definition) is 0. The SMILES string of the molecule is C=C(COCCC(F)(F)C(F)(F)S(=O)(=O)[O-])C(=O)OC1C2CCC3C(C2)C(=O)OC31. The van der Waals surface area contributed by atoms with E-state index < -0.39 is 59.1 Å². The van der Waals surface area contributed by atoms with Gasteiger partial charge in [0.05, 0.1) is 24.7 Å². The van der Waals surface area contributed by atoms with Crippen LogP contribution in [-0.4, -0.2) is 61.5 Å². The third kappa shape index (κ3) is 3.94. The van der Waals surface area contributed by atoms with Crippen molar-refractivity contribution in [1.82, 2.24) is 0 Å². The molecule has 1 aliphatic heterocycles. The predicted octanol–water partition coefficient (Wildman–Crippen LogP) is 1.61. The molecule has 4 bridgehead atoms. The van der Waals surface area contributed by atoms with Crippen molar-refractivity contribution in [2.75, 3.05) is 13.2 Å². The molecule has 5 atom stereocenters. The quantitative estimate of drug-likeness (QED) is 0.168. The van der Waals surface area contributed by atoms with Gasteiger partial charge in [0, 0.05) is 18.3 Å². The summed E-state index contributed by atoms with van der Waals surface area (Å²) in [5, 5.41) is -5.80. The summed E-state index contributed by atoms with van der Waals surface area (Å²) >= 11 is 0. The molecule has 0 aromatic carbocycles. The molecule has 4 rings (SSSR count). The van der Waals surface area contributed by atoms with E-state index in [1.165, 1.54) is 0 Å². The largest absolute Gasteiger partial charge is 0.743 e. The molecular weight excluding hydrogens is 440 g/mol. The lowest BCUT2D eigenvalue weighted by atomic mass is 9.63. The highest BCUT2D eigenvalue weighted by molar-refractivity contribution is 7.86. The van der Waals surface area contributed by atoms with E-state index in [0.717, 1.165) is 12.8 Å². The van der Waals surface area contributed by atoms with Gasteiger partial charge in [-0.15, -0.1) is 0 Å². The number of ether oxygens (including phenoxy) is 3. The molecule has 8 nitrogen and oxygen atoms in total. The highest BCUT2D eigenvalue weighted by Gasteiger charge is 2.61. The van der Waals surface area contributed by atoms with E-state index >= 15 is 0 Å². The molecule has 0 N–H and O–H groups in total. The van der Waals surface area contributed by atoms with Crippen molar-refractivity contribution in [1.29, 1.82) is 0 Å². The zero-order valence-electron chi connectivity index (χ0n) is 15.5. The lowest BCUT2D eigenvalue weighted by Crippen LogP contribution is -2.50. The fraction of sp³-hybridized carbons (Fsp3) is 0.765. The molecule has 170 valence electrons. The fourth-order valence-corrected chi connectivity index (χ4v) is 4.70. The number of hydrogen-bond acceptors (Lipinski definition) is 8. The zero-order chi connectivity index (χ0) is 22.5. The average molecular weight is 459 g/mol. The minimum Gasteiger partial charge on any atom is -0.743 e. The van der Waals surface area contributed by atoms with Crippen molar-refractivity contribution < 1.29 is 54.3 Å². The molecule has 30 heavy (non-hydrogen) atoms. The van der Waals surface area contributed by atoms with Gasteiger partial charge in [-0.25, -0.2) is 13.2 Å². The Labute approximate surface area is 169 Å². The third-order valence-electron chi connectivity index (χ3n) is 5.82. The minimum absolute atomic E-state index is 0.0222. The molecule has 0 spiro atoms. The molecule has 4 aliphatic rings.